The standard InChI is InChI=1S/C23H24N4O3S2/c1-14-19-15(2)25-21(17-5-3-9-30-17)26-23(19)32-20(14)22(28)24-13-16(18-6-4-12-31-18)27-7-10-29-11-8-27/h3-6,9,12,16H,7-8,10-11,13H2,1-2H3,(H,24,28). The predicted molar refractivity (Wildman–Crippen MR) is 126 cm³/mol. The van der Waals surface area contributed by atoms with Crippen molar-refractivity contribution >= 4 is 38.8 Å². The summed E-state index contributed by atoms with van der Waals surface area (Å²) in [6, 6.07) is 7.99. The van der Waals surface area contributed by atoms with E-state index >= 15 is 0 Å². The number of rotatable bonds is 6. The van der Waals surface area contributed by atoms with E-state index in [0.29, 0.717) is 23.0 Å². The molecule has 4 aromatic rings. The minimum absolute atomic E-state index is 0.0701. The molecule has 1 N–H and O–H groups in total. The highest BCUT2D eigenvalue weighted by Crippen LogP contribution is 2.33. The van der Waals surface area contributed by atoms with Crippen LogP contribution in [0, 0.1) is 13.8 Å². The number of carbonyl (C=O) groups excluding carboxylic acids is 1. The number of carbonyl (C=O) groups is 1. The molecule has 1 saturated heterocycles. The second-order valence-electron chi connectivity index (χ2n) is 7.74. The number of aromatic nitrogens is 2. The molecule has 1 unspecified atom stereocenters. The largest absolute Gasteiger partial charge is 0.461 e. The maximum absolute atomic E-state index is 13.2. The van der Waals surface area contributed by atoms with Gasteiger partial charge in [-0.05, 0) is 43.0 Å². The number of ether oxygens (including phenoxy) is 1. The molecule has 5 rings (SSSR count). The maximum atomic E-state index is 13.2. The van der Waals surface area contributed by atoms with Gasteiger partial charge >= 0.3 is 0 Å². The molecule has 32 heavy (non-hydrogen) atoms. The molecule has 0 saturated carbocycles. The molecule has 1 aliphatic rings. The number of hydrogen-bond acceptors (Lipinski definition) is 8. The molecule has 0 bridgehead atoms. The normalized spacial score (nSPS) is 15.8. The van der Waals surface area contributed by atoms with Gasteiger partial charge in [-0.2, -0.15) is 0 Å². The van der Waals surface area contributed by atoms with Crippen molar-refractivity contribution in [3.8, 4) is 11.6 Å². The van der Waals surface area contributed by atoms with Crippen molar-refractivity contribution in [2.75, 3.05) is 32.8 Å². The van der Waals surface area contributed by atoms with Gasteiger partial charge in [-0.1, -0.05) is 6.07 Å². The number of thiophene rings is 2. The number of morpholine rings is 1. The third kappa shape index (κ3) is 4.09. The van der Waals surface area contributed by atoms with Gasteiger partial charge in [0.1, 0.15) is 4.83 Å². The Morgan fingerprint density at radius 1 is 1.22 bits per heavy atom. The Labute approximate surface area is 194 Å². The van der Waals surface area contributed by atoms with E-state index in [1.54, 1.807) is 17.6 Å². The maximum Gasteiger partial charge on any atom is 0.261 e. The average molecular weight is 469 g/mol. The van der Waals surface area contributed by atoms with Crippen molar-refractivity contribution in [1.29, 1.82) is 0 Å². The molecule has 1 fully saturated rings. The van der Waals surface area contributed by atoms with Crippen LogP contribution < -0.4 is 5.32 Å². The highest BCUT2D eigenvalue weighted by molar-refractivity contribution is 7.20. The first kappa shape index (κ1) is 21.3. The van der Waals surface area contributed by atoms with E-state index < -0.39 is 0 Å². The molecule has 0 aliphatic carbocycles. The molecular weight excluding hydrogens is 444 g/mol. The molecule has 166 valence electrons. The van der Waals surface area contributed by atoms with Crippen LogP contribution in [0.1, 0.15) is 31.8 Å². The smallest absolute Gasteiger partial charge is 0.261 e. The van der Waals surface area contributed by atoms with Crippen molar-refractivity contribution in [1.82, 2.24) is 20.2 Å². The Hall–Kier alpha value is -2.59. The third-order valence-electron chi connectivity index (χ3n) is 5.73. The lowest BCUT2D eigenvalue weighted by Crippen LogP contribution is -2.43. The van der Waals surface area contributed by atoms with Crippen LogP contribution in [0.5, 0.6) is 0 Å². The Morgan fingerprint density at radius 2 is 2.06 bits per heavy atom. The number of nitrogens with one attached hydrogen (secondary N) is 1. The number of hydrogen-bond donors (Lipinski definition) is 1. The van der Waals surface area contributed by atoms with Crippen LogP contribution in [0.2, 0.25) is 0 Å². The molecule has 4 aromatic heterocycles. The SMILES string of the molecule is Cc1nc(-c2ccco2)nc2sc(C(=O)NCC(c3cccs3)N3CCOCC3)c(C)c12. The Balaban J connectivity index is 1.39. The summed E-state index contributed by atoms with van der Waals surface area (Å²) in [6.07, 6.45) is 1.61. The molecule has 9 heteroatoms. The third-order valence-corrected chi connectivity index (χ3v) is 7.89. The summed E-state index contributed by atoms with van der Waals surface area (Å²) in [7, 11) is 0. The van der Waals surface area contributed by atoms with Gasteiger partial charge < -0.3 is 14.5 Å². The number of nitrogens with zero attached hydrogens (tertiary/aromatic N) is 3. The Morgan fingerprint density at radius 3 is 2.78 bits per heavy atom. The number of aryl methyl sites for hydroxylation is 2. The van der Waals surface area contributed by atoms with Crippen LogP contribution in [-0.4, -0.2) is 53.6 Å². The van der Waals surface area contributed by atoms with Crippen LogP contribution in [0.3, 0.4) is 0 Å². The lowest BCUT2D eigenvalue weighted by atomic mass is 10.1. The summed E-state index contributed by atoms with van der Waals surface area (Å²) < 4.78 is 11.0. The van der Waals surface area contributed by atoms with E-state index in [4.69, 9.17) is 9.15 Å². The zero-order chi connectivity index (χ0) is 22.1. The van der Waals surface area contributed by atoms with E-state index in [1.807, 2.05) is 26.0 Å². The molecule has 5 heterocycles. The molecular formula is C23H24N4O3S2. The Bertz CT molecular complexity index is 1210. The first-order chi connectivity index (χ1) is 15.6. The summed E-state index contributed by atoms with van der Waals surface area (Å²) in [5, 5.41) is 6.20. The van der Waals surface area contributed by atoms with Crippen LogP contribution in [-0.2, 0) is 4.74 Å². The molecule has 0 radical (unpaired) electrons. The van der Waals surface area contributed by atoms with Crippen LogP contribution in [0.15, 0.2) is 40.3 Å². The van der Waals surface area contributed by atoms with Crippen molar-refractivity contribution in [3.05, 3.63) is 56.9 Å². The highest BCUT2D eigenvalue weighted by Gasteiger charge is 2.26. The van der Waals surface area contributed by atoms with Gasteiger partial charge in [-0.3, -0.25) is 9.69 Å². The van der Waals surface area contributed by atoms with Crippen molar-refractivity contribution in [2.45, 2.75) is 19.9 Å². The molecule has 0 spiro atoms. The van der Waals surface area contributed by atoms with Gasteiger partial charge in [0, 0.05) is 29.9 Å². The summed E-state index contributed by atoms with van der Waals surface area (Å²) in [6.45, 7) is 7.64. The van der Waals surface area contributed by atoms with Crippen LogP contribution in [0.4, 0.5) is 0 Å². The minimum Gasteiger partial charge on any atom is -0.461 e. The minimum atomic E-state index is -0.0701. The number of fused-ring (bicyclic) bond motifs is 1. The van der Waals surface area contributed by atoms with Crippen molar-refractivity contribution < 1.29 is 13.9 Å². The van der Waals surface area contributed by atoms with Crippen molar-refractivity contribution in [2.24, 2.45) is 0 Å². The quantitative estimate of drug-likeness (QED) is 0.451. The summed E-state index contributed by atoms with van der Waals surface area (Å²) in [5.74, 6) is 1.09. The van der Waals surface area contributed by atoms with Gasteiger partial charge in [0.15, 0.2) is 11.6 Å². The molecule has 1 aliphatic heterocycles. The molecule has 0 aromatic carbocycles. The lowest BCUT2D eigenvalue weighted by Gasteiger charge is -2.34. The van der Waals surface area contributed by atoms with Gasteiger partial charge in [0.25, 0.3) is 5.91 Å². The molecule has 7 nitrogen and oxygen atoms in total. The molecule has 1 atom stereocenters. The monoisotopic (exact) mass is 468 g/mol. The number of amides is 1. The highest BCUT2D eigenvalue weighted by atomic mass is 32.1. The average Bonchev–Trinajstić information content (AvgIpc) is 3.56. The first-order valence-corrected chi connectivity index (χ1v) is 12.3. The lowest BCUT2D eigenvalue weighted by molar-refractivity contribution is 0.0169. The zero-order valence-electron chi connectivity index (χ0n) is 18.0. The van der Waals surface area contributed by atoms with E-state index in [1.165, 1.54) is 16.2 Å². The first-order valence-electron chi connectivity index (χ1n) is 10.6. The van der Waals surface area contributed by atoms with Crippen LogP contribution in [0.25, 0.3) is 21.8 Å². The fourth-order valence-corrected chi connectivity index (χ4v) is 6.13. The summed E-state index contributed by atoms with van der Waals surface area (Å²) >= 11 is 3.13. The van der Waals surface area contributed by atoms with Gasteiger partial charge in [-0.15, -0.1) is 22.7 Å². The topological polar surface area (TPSA) is 80.5 Å². The second kappa shape index (κ2) is 9.11. The zero-order valence-corrected chi connectivity index (χ0v) is 19.6. The van der Waals surface area contributed by atoms with Gasteiger partial charge in [-0.25, -0.2) is 9.97 Å². The van der Waals surface area contributed by atoms with Gasteiger partial charge in [0.05, 0.1) is 36.1 Å². The second-order valence-corrected chi connectivity index (χ2v) is 9.71. The van der Waals surface area contributed by atoms with E-state index in [0.717, 1.165) is 47.8 Å². The van der Waals surface area contributed by atoms with E-state index in [9.17, 15) is 4.79 Å². The summed E-state index contributed by atoms with van der Waals surface area (Å²) in [4.78, 5) is 27.6. The van der Waals surface area contributed by atoms with Gasteiger partial charge in [0.2, 0.25) is 0 Å². The molecule has 1 amide bonds. The fourth-order valence-electron chi connectivity index (χ4n) is 4.12. The summed E-state index contributed by atoms with van der Waals surface area (Å²) in [5.41, 5.74) is 1.77. The van der Waals surface area contributed by atoms with Crippen LogP contribution >= 0.6 is 22.7 Å². The number of furan rings is 1. The van der Waals surface area contributed by atoms with E-state index in [2.05, 4.69) is 37.7 Å². The predicted octanol–water partition coefficient (Wildman–Crippen LogP) is 4.43. The fraction of sp³-hybridized carbons (Fsp3) is 0.348. The van der Waals surface area contributed by atoms with Crippen molar-refractivity contribution in [3.63, 3.8) is 0 Å². The Kier molecular flexibility index (Phi) is 6.05. The van der Waals surface area contributed by atoms with E-state index in [-0.39, 0.29) is 11.9 Å².